The quantitative estimate of drug-likeness (QED) is 0.540. The largest absolute Gasteiger partial charge is 0.352 e. The van der Waals surface area contributed by atoms with Crippen molar-refractivity contribution in [2.45, 2.75) is 26.3 Å². The van der Waals surface area contributed by atoms with Crippen LogP contribution in [0.1, 0.15) is 35.9 Å². The lowest BCUT2D eigenvalue weighted by atomic mass is 10.2. The third kappa shape index (κ3) is 5.50. The lowest BCUT2D eigenvalue weighted by Crippen LogP contribution is -2.33. The fourth-order valence-electron chi connectivity index (χ4n) is 3.14. The van der Waals surface area contributed by atoms with E-state index < -0.39 is 17.5 Å². The van der Waals surface area contributed by atoms with E-state index in [1.165, 1.54) is 0 Å². The summed E-state index contributed by atoms with van der Waals surface area (Å²) in [6.45, 7) is 2.55. The highest BCUT2D eigenvalue weighted by atomic mass is 19.1. The molecule has 2 aromatic carbocycles. The average molecular weight is 428 g/mol. The third-order valence-electron chi connectivity index (χ3n) is 4.77. The number of halogens is 2. The highest BCUT2D eigenvalue weighted by molar-refractivity contribution is 5.94. The Morgan fingerprint density at radius 2 is 1.94 bits per heavy atom. The van der Waals surface area contributed by atoms with Crippen LogP contribution in [0.5, 0.6) is 0 Å². The average Bonchev–Trinajstić information content (AvgIpc) is 2.74. The number of nitrogens with one attached hydrogen (secondary N) is 2. The molecule has 0 bridgehead atoms. The van der Waals surface area contributed by atoms with Crippen LogP contribution in [0.3, 0.4) is 0 Å². The van der Waals surface area contributed by atoms with Gasteiger partial charge in [-0.2, -0.15) is 0 Å². The third-order valence-corrected chi connectivity index (χ3v) is 4.77. The van der Waals surface area contributed by atoms with E-state index in [1.807, 2.05) is 6.92 Å². The van der Waals surface area contributed by atoms with Gasteiger partial charge in [-0.1, -0.05) is 12.1 Å². The van der Waals surface area contributed by atoms with Gasteiger partial charge in [0.25, 0.3) is 11.5 Å². The molecular weight excluding hydrogens is 406 g/mol. The molecule has 0 atom stereocenters. The number of amides is 2. The summed E-state index contributed by atoms with van der Waals surface area (Å²) in [6.07, 6.45) is 0.489. The van der Waals surface area contributed by atoms with Crippen molar-refractivity contribution in [3.05, 3.63) is 75.8 Å². The number of aromatic amines is 1. The lowest BCUT2D eigenvalue weighted by Gasteiger charge is -2.20. The minimum atomic E-state index is -0.942. The molecule has 0 aliphatic heterocycles. The fourth-order valence-corrected chi connectivity index (χ4v) is 3.14. The van der Waals surface area contributed by atoms with Crippen molar-refractivity contribution in [1.29, 1.82) is 0 Å². The number of fused-ring (bicyclic) bond motifs is 1. The van der Waals surface area contributed by atoms with Crippen molar-refractivity contribution < 1.29 is 18.4 Å². The SMILES string of the molecule is CCN(Cc1nc2ccccc2c(=O)[nH]1)C(=O)CCCNC(=O)c1ccc(F)cc1F. The van der Waals surface area contributed by atoms with E-state index in [-0.39, 0.29) is 36.5 Å². The standard InChI is InChI=1S/C22H22F2N4O3/c1-2-28(13-19-26-18-7-4-3-6-16(18)22(31)27-19)20(29)8-5-11-25-21(30)15-10-9-14(23)12-17(15)24/h3-4,6-7,9-10,12H,2,5,8,11,13H2,1H3,(H,25,30)(H,26,27,31). The van der Waals surface area contributed by atoms with Crippen LogP contribution in [0.25, 0.3) is 10.9 Å². The normalized spacial score (nSPS) is 10.8. The van der Waals surface area contributed by atoms with Crippen molar-refractivity contribution in [2.75, 3.05) is 13.1 Å². The molecule has 0 saturated heterocycles. The van der Waals surface area contributed by atoms with E-state index in [4.69, 9.17) is 0 Å². The number of hydrogen-bond acceptors (Lipinski definition) is 4. The zero-order valence-electron chi connectivity index (χ0n) is 17.0. The summed E-state index contributed by atoms with van der Waals surface area (Å²) >= 11 is 0. The molecule has 2 N–H and O–H groups in total. The predicted octanol–water partition coefficient (Wildman–Crippen LogP) is 2.76. The van der Waals surface area contributed by atoms with Crippen LogP contribution < -0.4 is 10.9 Å². The van der Waals surface area contributed by atoms with Crippen LogP contribution in [-0.4, -0.2) is 39.8 Å². The zero-order valence-corrected chi connectivity index (χ0v) is 17.0. The van der Waals surface area contributed by atoms with Crippen molar-refractivity contribution in [3.63, 3.8) is 0 Å². The van der Waals surface area contributed by atoms with Gasteiger partial charge in [-0.15, -0.1) is 0 Å². The smallest absolute Gasteiger partial charge is 0.258 e. The van der Waals surface area contributed by atoms with Crippen LogP contribution >= 0.6 is 0 Å². The molecule has 0 aliphatic rings. The number of carbonyl (C=O) groups is 2. The number of hydrogen-bond donors (Lipinski definition) is 2. The second-order valence-corrected chi connectivity index (χ2v) is 6.92. The van der Waals surface area contributed by atoms with Gasteiger partial charge in [0.15, 0.2) is 0 Å². The van der Waals surface area contributed by atoms with Crippen LogP contribution in [0.15, 0.2) is 47.3 Å². The first-order chi connectivity index (χ1) is 14.9. The summed E-state index contributed by atoms with van der Waals surface area (Å²) in [5.74, 6) is -2.15. The summed E-state index contributed by atoms with van der Waals surface area (Å²) in [7, 11) is 0. The molecule has 9 heteroatoms. The maximum absolute atomic E-state index is 13.6. The Morgan fingerprint density at radius 1 is 1.16 bits per heavy atom. The molecule has 0 aliphatic carbocycles. The molecule has 3 aromatic rings. The van der Waals surface area contributed by atoms with E-state index in [9.17, 15) is 23.2 Å². The minimum absolute atomic E-state index is 0.151. The highest BCUT2D eigenvalue weighted by Crippen LogP contribution is 2.10. The number of carbonyl (C=O) groups excluding carboxylic acids is 2. The molecule has 1 heterocycles. The van der Waals surface area contributed by atoms with Crippen molar-refractivity contribution in [3.8, 4) is 0 Å². The molecule has 0 fully saturated rings. The summed E-state index contributed by atoms with van der Waals surface area (Å²) in [5.41, 5.74) is 0.0366. The predicted molar refractivity (Wildman–Crippen MR) is 111 cm³/mol. The van der Waals surface area contributed by atoms with Crippen LogP contribution in [0.4, 0.5) is 8.78 Å². The Labute approximate surface area is 177 Å². The summed E-state index contributed by atoms with van der Waals surface area (Å²) in [4.78, 5) is 45.3. The van der Waals surface area contributed by atoms with Crippen LogP contribution in [0.2, 0.25) is 0 Å². The van der Waals surface area contributed by atoms with Gasteiger partial charge < -0.3 is 15.2 Å². The van der Waals surface area contributed by atoms with Crippen molar-refractivity contribution in [1.82, 2.24) is 20.2 Å². The van der Waals surface area contributed by atoms with Gasteiger partial charge in [0.05, 0.1) is 23.0 Å². The first kappa shape index (κ1) is 22.1. The second kappa shape index (κ2) is 9.92. The second-order valence-electron chi connectivity index (χ2n) is 6.92. The molecule has 0 radical (unpaired) electrons. The number of nitrogens with zero attached hydrogens (tertiary/aromatic N) is 2. The number of H-pyrrole nitrogens is 1. The molecule has 162 valence electrons. The van der Waals surface area contributed by atoms with Crippen LogP contribution in [0, 0.1) is 11.6 Å². The molecule has 1 aromatic heterocycles. The Balaban J connectivity index is 1.53. The highest BCUT2D eigenvalue weighted by Gasteiger charge is 2.15. The Hall–Kier alpha value is -3.62. The first-order valence-corrected chi connectivity index (χ1v) is 9.88. The van der Waals surface area contributed by atoms with Gasteiger partial charge in [-0.25, -0.2) is 13.8 Å². The van der Waals surface area contributed by atoms with Gasteiger partial charge in [-0.3, -0.25) is 14.4 Å². The molecule has 0 spiro atoms. The van der Waals surface area contributed by atoms with Crippen LogP contribution in [-0.2, 0) is 11.3 Å². The van der Waals surface area contributed by atoms with Gasteiger partial charge in [0, 0.05) is 25.6 Å². The van der Waals surface area contributed by atoms with E-state index >= 15 is 0 Å². The molecule has 0 unspecified atom stereocenters. The molecular formula is C22H22F2N4O3. The fraction of sp³-hybridized carbons (Fsp3) is 0.273. The van der Waals surface area contributed by atoms with Gasteiger partial charge in [0.2, 0.25) is 5.91 Å². The van der Waals surface area contributed by atoms with Gasteiger partial charge in [-0.05, 0) is 37.6 Å². The maximum atomic E-state index is 13.6. The molecule has 7 nitrogen and oxygen atoms in total. The molecule has 2 amide bonds. The van der Waals surface area contributed by atoms with Gasteiger partial charge >= 0.3 is 0 Å². The Bertz CT molecular complexity index is 1160. The first-order valence-electron chi connectivity index (χ1n) is 9.88. The zero-order chi connectivity index (χ0) is 22.4. The molecule has 3 rings (SSSR count). The number of aromatic nitrogens is 2. The van der Waals surface area contributed by atoms with E-state index in [0.29, 0.717) is 35.8 Å². The number of rotatable bonds is 8. The van der Waals surface area contributed by atoms with Crippen molar-refractivity contribution >= 4 is 22.7 Å². The van der Waals surface area contributed by atoms with E-state index in [1.54, 1.807) is 29.2 Å². The topological polar surface area (TPSA) is 95.2 Å². The number of para-hydroxylation sites is 1. The number of benzene rings is 2. The summed E-state index contributed by atoms with van der Waals surface area (Å²) in [6, 6.07) is 9.67. The van der Waals surface area contributed by atoms with E-state index in [2.05, 4.69) is 15.3 Å². The molecule has 0 saturated carbocycles. The monoisotopic (exact) mass is 428 g/mol. The lowest BCUT2D eigenvalue weighted by molar-refractivity contribution is -0.131. The van der Waals surface area contributed by atoms with E-state index in [0.717, 1.165) is 12.1 Å². The Kier molecular flexibility index (Phi) is 7.07. The summed E-state index contributed by atoms with van der Waals surface area (Å²) < 4.78 is 26.6. The van der Waals surface area contributed by atoms with Gasteiger partial charge in [0.1, 0.15) is 17.5 Å². The maximum Gasteiger partial charge on any atom is 0.258 e. The summed E-state index contributed by atoms with van der Waals surface area (Å²) in [5, 5.41) is 3.00. The molecule has 31 heavy (non-hydrogen) atoms. The minimum Gasteiger partial charge on any atom is -0.352 e. The Morgan fingerprint density at radius 3 is 2.68 bits per heavy atom. The van der Waals surface area contributed by atoms with Crippen molar-refractivity contribution in [2.24, 2.45) is 0 Å².